The molecule has 0 bridgehead atoms. The van der Waals surface area contributed by atoms with Crippen molar-refractivity contribution in [2.24, 2.45) is 0 Å². The summed E-state index contributed by atoms with van der Waals surface area (Å²) in [5, 5.41) is 4.56. The average molecular weight is 1380 g/mol. The fourth-order valence-corrected chi connectivity index (χ4v) is 15.5. The number of hydrogen-bond donors (Lipinski definition) is 0. The number of aryl methyl sites for hydroxylation is 4. The van der Waals surface area contributed by atoms with Crippen LogP contribution < -0.4 is 0 Å². The predicted molar refractivity (Wildman–Crippen MR) is 448 cm³/mol. The molecule has 7 heteroatoms. The van der Waals surface area contributed by atoms with Crippen LogP contribution in [-0.4, -0.2) is 34.1 Å². The Kier molecular flexibility index (Phi) is 16.3. The summed E-state index contributed by atoms with van der Waals surface area (Å²) in [5.74, 6) is 2.32. The van der Waals surface area contributed by atoms with Gasteiger partial charge in [-0.15, -0.1) is 0 Å². The zero-order valence-electron chi connectivity index (χ0n) is 60.2. The summed E-state index contributed by atoms with van der Waals surface area (Å²) >= 11 is 0. The molecule has 510 valence electrons. The highest BCUT2D eigenvalue weighted by molar-refractivity contribution is 6.14. The van der Waals surface area contributed by atoms with Gasteiger partial charge in [-0.3, -0.25) is 0 Å². The molecule has 0 amide bonds. The minimum Gasteiger partial charge on any atom is -0.309 e. The fraction of sp³-hybridized carbons (Fsp3) is 0.0396. The maximum atomic E-state index is 5.65. The first kappa shape index (κ1) is 64.8. The fourth-order valence-electron chi connectivity index (χ4n) is 15.5. The van der Waals surface area contributed by atoms with Crippen LogP contribution in [0.5, 0.6) is 0 Å². The second-order valence-electron chi connectivity index (χ2n) is 28.3. The molecule has 0 aliphatic carbocycles. The maximum absolute atomic E-state index is 5.65. The van der Waals surface area contributed by atoms with E-state index in [1.807, 2.05) is 42.5 Å². The van der Waals surface area contributed by atoms with Crippen LogP contribution in [0, 0.1) is 27.7 Å². The van der Waals surface area contributed by atoms with E-state index >= 15 is 0 Å². The van der Waals surface area contributed by atoms with Gasteiger partial charge < -0.3 is 9.13 Å². The molecule has 0 fully saturated rings. The summed E-state index contributed by atoms with van der Waals surface area (Å²) in [6, 6.07) is 129. The first-order chi connectivity index (χ1) is 53.1. The Morgan fingerprint density at radius 1 is 0.185 bits per heavy atom. The number of fused-ring (bicyclic) bond motifs is 6. The van der Waals surface area contributed by atoms with Crippen LogP contribution in [0.4, 0.5) is 0 Å². The second-order valence-corrected chi connectivity index (χ2v) is 28.3. The van der Waals surface area contributed by atoms with Gasteiger partial charge in [0.2, 0.25) is 0 Å². The molecule has 0 radical (unpaired) electrons. The van der Waals surface area contributed by atoms with Crippen molar-refractivity contribution in [3.8, 4) is 146 Å². The Hall–Kier alpha value is -14.0. The Morgan fingerprint density at radius 3 is 0.843 bits per heavy atom. The molecule has 0 saturated heterocycles. The smallest absolute Gasteiger partial charge is 0.164 e. The molecular weight excluding hydrogens is 1310 g/mol. The molecular formula is C101H71N7. The molecule has 0 N–H and O–H groups in total. The molecule has 4 heterocycles. The van der Waals surface area contributed by atoms with Crippen molar-refractivity contribution in [2.75, 3.05) is 0 Å². The lowest BCUT2D eigenvalue weighted by Crippen LogP contribution is -2.04. The van der Waals surface area contributed by atoms with Crippen molar-refractivity contribution in [3.05, 3.63) is 380 Å². The summed E-state index contributed by atoms with van der Waals surface area (Å²) in [6.45, 7) is 8.58. The zero-order chi connectivity index (χ0) is 72.3. The van der Waals surface area contributed by atoms with Crippen LogP contribution in [0.3, 0.4) is 0 Å². The number of hydrogen-bond acceptors (Lipinski definition) is 5. The first-order valence-corrected chi connectivity index (χ1v) is 36.8. The largest absolute Gasteiger partial charge is 0.309 e. The van der Waals surface area contributed by atoms with Crippen molar-refractivity contribution < 1.29 is 0 Å². The standard InChI is InChI=1S/C101H71N7/c1-64-34-42-68(43-35-64)76-50-54-90-84(59-76)85-60-77(69-44-36-65(2)37-45-69)51-55-91(85)107(90)94-32-18-30-82(89-63-88(72-20-9-5-10-21-72)102-98(103-89)73-22-11-6-12-23-73)96(94)80-28-17-29-81(58-80)97-83(101-105-99(74-24-13-7-14-25-74)104-100(106-101)75-26-15-8-16-27-75)31-19-33-95(97)108-92-56-52-78(70-46-38-66(3)39-47-70)61-86(92)87-62-79(53-57-93(87)108)71-48-40-67(4)41-49-71/h5-63H,1-4H3. The average Bonchev–Trinajstić information content (AvgIpc) is 1.52. The lowest BCUT2D eigenvalue weighted by molar-refractivity contribution is 1.07. The third-order valence-corrected chi connectivity index (χ3v) is 21.1. The van der Waals surface area contributed by atoms with Gasteiger partial charge in [-0.25, -0.2) is 24.9 Å². The van der Waals surface area contributed by atoms with E-state index in [4.69, 9.17) is 24.9 Å². The van der Waals surface area contributed by atoms with Gasteiger partial charge in [0.15, 0.2) is 23.3 Å². The van der Waals surface area contributed by atoms with Crippen LogP contribution in [-0.2, 0) is 0 Å². The molecule has 0 saturated carbocycles. The normalized spacial score (nSPS) is 11.5. The number of rotatable bonds is 14. The molecule has 15 aromatic carbocycles. The molecule has 19 rings (SSSR count). The van der Waals surface area contributed by atoms with E-state index in [2.05, 4.69) is 352 Å². The lowest BCUT2D eigenvalue weighted by Gasteiger charge is -2.21. The predicted octanol–water partition coefficient (Wildman–Crippen LogP) is 26.1. The Morgan fingerprint density at radius 2 is 0.472 bits per heavy atom. The van der Waals surface area contributed by atoms with Crippen LogP contribution in [0.1, 0.15) is 22.3 Å². The summed E-state index contributed by atoms with van der Waals surface area (Å²) in [6.07, 6.45) is 0. The quantitative estimate of drug-likeness (QED) is 0.108. The van der Waals surface area contributed by atoms with Crippen LogP contribution in [0.15, 0.2) is 358 Å². The summed E-state index contributed by atoms with van der Waals surface area (Å²) in [5.41, 5.74) is 31.2. The van der Waals surface area contributed by atoms with E-state index in [1.54, 1.807) is 0 Å². The van der Waals surface area contributed by atoms with Crippen molar-refractivity contribution in [1.29, 1.82) is 0 Å². The van der Waals surface area contributed by atoms with Gasteiger partial charge in [-0.05, 0) is 156 Å². The van der Waals surface area contributed by atoms with E-state index in [0.29, 0.717) is 23.3 Å². The van der Waals surface area contributed by atoms with Gasteiger partial charge >= 0.3 is 0 Å². The Labute approximate surface area is 627 Å². The van der Waals surface area contributed by atoms with E-state index in [-0.39, 0.29) is 0 Å². The van der Waals surface area contributed by atoms with Gasteiger partial charge in [0, 0.05) is 66.1 Å². The van der Waals surface area contributed by atoms with Crippen molar-refractivity contribution >= 4 is 43.6 Å². The van der Waals surface area contributed by atoms with E-state index in [0.717, 1.165) is 167 Å². The van der Waals surface area contributed by atoms with Gasteiger partial charge in [-0.2, -0.15) is 0 Å². The second kappa shape index (κ2) is 27.2. The number of nitrogens with zero attached hydrogens (tertiary/aromatic N) is 7. The number of aromatic nitrogens is 7. The minimum absolute atomic E-state index is 0.540. The molecule has 0 atom stereocenters. The van der Waals surface area contributed by atoms with E-state index in [9.17, 15) is 0 Å². The molecule has 7 nitrogen and oxygen atoms in total. The molecule has 108 heavy (non-hydrogen) atoms. The highest BCUT2D eigenvalue weighted by Gasteiger charge is 2.27. The molecule has 4 aromatic heterocycles. The van der Waals surface area contributed by atoms with Crippen molar-refractivity contribution in [1.82, 2.24) is 34.1 Å². The van der Waals surface area contributed by atoms with Crippen molar-refractivity contribution in [2.45, 2.75) is 27.7 Å². The van der Waals surface area contributed by atoms with Crippen LogP contribution in [0.25, 0.3) is 190 Å². The lowest BCUT2D eigenvalue weighted by atomic mass is 9.90. The Balaban J connectivity index is 0.912. The third-order valence-electron chi connectivity index (χ3n) is 21.1. The molecule has 0 aliphatic heterocycles. The molecule has 0 spiro atoms. The summed E-state index contributed by atoms with van der Waals surface area (Å²) in [7, 11) is 0. The SMILES string of the molecule is Cc1ccc(-c2ccc3c(c2)c2cc(-c4ccc(C)cc4)ccc2n3-c2cccc(-c3cc(-c4ccccc4)nc(-c4ccccc4)n3)c2-c2cccc(-c3c(-c4nc(-c5ccccc5)nc(-c5ccccc5)n4)cccc3-n3c4ccc(-c5ccc(C)cc5)cc4c4cc(-c5ccc(C)cc5)ccc43)c2)cc1. The topological polar surface area (TPSA) is 74.3 Å². The third kappa shape index (κ3) is 12.0. The monoisotopic (exact) mass is 1380 g/mol. The zero-order valence-corrected chi connectivity index (χ0v) is 60.2. The van der Waals surface area contributed by atoms with Crippen LogP contribution >= 0.6 is 0 Å². The number of benzene rings is 15. The molecule has 19 aromatic rings. The van der Waals surface area contributed by atoms with E-state index < -0.39 is 0 Å². The highest BCUT2D eigenvalue weighted by Crippen LogP contribution is 2.48. The van der Waals surface area contributed by atoms with Gasteiger partial charge in [0.05, 0.1) is 44.8 Å². The van der Waals surface area contributed by atoms with Gasteiger partial charge in [0.1, 0.15) is 0 Å². The first-order valence-electron chi connectivity index (χ1n) is 36.8. The summed E-state index contributed by atoms with van der Waals surface area (Å²) < 4.78 is 4.95. The molecule has 0 unspecified atom stereocenters. The Bertz CT molecular complexity index is 5920. The maximum Gasteiger partial charge on any atom is 0.164 e. The van der Waals surface area contributed by atoms with Crippen LogP contribution in [0.2, 0.25) is 0 Å². The molecule has 0 aliphatic rings. The van der Waals surface area contributed by atoms with Gasteiger partial charge in [-0.1, -0.05) is 307 Å². The van der Waals surface area contributed by atoms with Gasteiger partial charge in [0.25, 0.3) is 0 Å². The highest BCUT2D eigenvalue weighted by atomic mass is 15.0. The van der Waals surface area contributed by atoms with E-state index in [1.165, 1.54) is 22.3 Å². The minimum atomic E-state index is 0.540. The summed E-state index contributed by atoms with van der Waals surface area (Å²) in [4.78, 5) is 27.4. The van der Waals surface area contributed by atoms with Crippen molar-refractivity contribution in [3.63, 3.8) is 0 Å².